The number of hydrogen-bond donors (Lipinski definition) is 0. The van der Waals surface area contributed by atoms with Gasteiger partial charge in [-0.25, -0.2) is 0 Å². The summed E-state index contributed by atoms with van der Waals surface area (Å²) in [6.45, 7) is 6.93. The molecule has 11 aromatic rings. The van der Waals surface area contributed by atoms with E-state index < -0.39 is 0 Å². The Labute approximate surface area is 396 Å². The Morgan fingerprint density at radius 1 is 0.353 bits per heavy atom. The highest BCUT2D eigenvalue weighted by Gasteiger charge is 2.25. The minimum absolute atomic E-state index is 0.860. The summed E-state index contributed by atoms with van der Waals surface area (Å²) in [4.78, 5) is 19.1. The summed E-state index contributed by atoms with van der Waals surface area (Å²) in [6, 6.07) is 67.0. The molecule has 5 heteroatoms. The summed E-state index contributed by atoms with van der Waals surface area (Å²) in [5.41, 5.74) is 21.3. The first kappa shape index (κ1) is 41.6. The van der Waals surface area contributed by atoms with Gasteiger partial charge in [0.1, 0.15) is 0 Å². The molecule has 0 radical (unpaired) electrons. The molecular formula is C63H45N5. The highest BCUT2D eigenvalue weighted by molar-refractivity contribution is 6.12. The van der Waals surface area contributed by atoms with Gasteiger partial charge in [0.25, 0.3) is 0 Å². The van der Waals surface area contributed by atoms with E-state index >= 15 is 0 Å². The Morgan fingerprint density at radius 3 is 1.24 bits per heavy atom. The van der Waals surface area contributed by atoms with Crippen LogP contribution in [-0.4, -0.2) is 24.5 Å². The number of fused-ring (bicyclic) bond motifs is 6. The molecule has 0 atom stereocenters. The van der Waals surface area contributed by atoms with Gasteiger partial charge in [-0.15, -0.1) is 0 Å². The van der Waals surface area contributed by atoms with Crippen LogP contribution < -0.4 is 0 Å². The van der Waals surface area contributed by atoms with Gasteiger partial charge in [0, 0.05) is 63.5 Å². The van der Waals surface area contributed by atoms with Gasteiger partial charge in [-0.3, -0.25) is 19.9 Å². The lowest BCUT2D eigenvalue weighted by Crippen LogP contribution is -1.95. The van der Waals surface area contributed by atoms with E-state index in [2.05, 4.69) is 169 Å². The maximum Gasteiger partial charge on any atom is 0.0708 e. The molecule has 0 spiro atoms. The summed E-state index contributed by atoms with van der Waals surface area (Å²) in [5, 5.41) is 2.37. The van der Waals surface area contributed by atoms with Gasteiger partial charge in [-0.05, 0) is 148 Å². The molecule has 1 aliphatic rings. The van der Waals surface area contributed by atoms with E-state index in [-0.39, 0.29) is 0 Å². The molecule has 0 saturated carbocycles. The van der Waals surface area contributed by atoms with Gasteiger partial charge in [-0.1, -0.05) is 128 Å². The summed E-state index contributed by atoms with van der Waals surface area (Å²) in [7, 11) is 0. The van der Waals surface area contributed by atoms with Crippen LogP contribution in [0.15, 0.2) is 250 Å². The largest absolute Gasteiger partial charge is 0.309 e. The Kier molecular flexibility index (Phi) is 11.3. The molecule has 6 aromatic carbocycles. The van der Waals surface area contributed by atoms with Crippen LogP contribution in [0.3, 0.4) is 0 Å². The Bertz CT molecular complexity index is 3520. The maximum absolute atomic E-state index is 4.81. The lowest BCUT2D eigenvalue weighted by molar-refractivity contribution is 1.17. The summed E-state index contributed by atoms with van der Waals surface area (Å²) in [5.74, 6) is 0. The van der Waals surface area contributed by atoms with E-state index in [0.29, 0.717) is 0 Å². The Hall–Kier alpha value is -9.06. The predicted octanol–water partition coefficient (Wildman–Crippen LogP) is 15.9. The first-order chi connectivity index (χ1) is 33.7. The van der Waals surface area contributed by atoms with Gasteiger partial charge in [0.05, 0.1) is 33.8 Å². The lowest BCUT2D eigenvalue weighted by atomic mass is 9.94. The van der Waals surface area contributed by atoms with Crippen molar-refractivity contribution < 1.29 is 0 Å². The molecule has 0 aliphatic heterocycles. The fourth-order valence-electron chi connectivity index (χ4n) is 9.58. The zero-order chi connectivity index (χ0) is 45.8. The van der Waals surface area contributed by atoms with Crippen molar-refractivity contribution in [2.75, 3.05) is 0 Å². The van der Waals surface area contributed by atoms with E-state index in [1.807, 2.05) is 73.3 Å². The van der Waals surface area contributed by atoms with E-state index in [1.165, 1.54) is 33.0 Å². The molecule has 12 rings (SSSR count). The molecule has 0 saturated heterocycles. The maximum atomic E-state index is 4.81. The standard InChI is InChI=1S/C57H37N5.C6H8/c1-3-15-44(52-17-5-9-27-58-52)42(13-1)38-22-25-56-50(32-38)51-33-39(43-14-2-4-16-45(43)53-18-6-10-28-59-53)23-26-57(51)62(56)41-24-21-37-31-40-34-48(54-19-7-11-29-60-54)49(36-47(40)46(37)35-41)55-20-8-12-30-61-55;1-3-5-6-4-2/h1-30,32-36H,31H2;3-6H,1-2H2/b;6-5-. The molecule has 0 bridgehead atoms. The summed E-state index contributed by atoms with van der Waals surface area (Å²) in [6.07, 6.45) is 15.4. The third kappa shape index (κ3) is 7.82. The first-order valence-corrected chi connectivity index (χ1v) is 22.8. The molecule has 5 aromatic heterocycles. The summed E-state index contributed by atoms with van der Waals surface area (Å²) < 4.78 is 2.44. The van der Waals surface area contributed by atoms with Crippen molar-refractivity contribution >= 4 is 21.8 Å². The van der Waals surface area contributed by atoms with Crippen LogP contribution >= 0.6 is 0 Å². The quantitative estimate of drug-likeness (QED) is 0.136. The zero-order valence-electron chi connectivity index (χ0n) is 37.4. The van der Waals surface area contributed by atoms with Crippen molar-refractivity contribution in [3.63, 3.8) is 0 Å². The van der Waals surface area contributed by atoms with E-state index in [9.17, 15) is 0 Å². The second-order valence-corrected chi connectivity index (χ2v) is 16.7. The zero-order valence-corrected chi connectivity index (χ0v) is 37.4. The molecule has 1 aliphatic carbocycles. The number of nitrogens with zero attached hydrogens (tertiary/aromatic N) is 5. The Morgan fingerprint density at radius 2 is 0.779 bits per heavy atom. The van der Waals surface area contributed by atoms with E-state index in [0.717, 1.165) is 90.4 Å². The molecular weight excluding hydrogens is 827 g/mol. The van der Waals surface area contributed by atoms with Gasteiger partial charge < -0.3 is 4.57 Å². The van der Waals surface area contributed by atoms with Crippen LogP contribution in [0.25, 0.3) is 106 Å². The minimum atomic E-state index is 0.860. The van der Waals surface area contributed by atoms with E-state index in [1.54, 1.807) is 12.2 Å². The normalized spacial score (nSPS) is 11.5. The van der Waals surface area contributed by atoms with Gasteiger partial charge >= 0.3 is 0 Å². The molecule has 322 valence electrons. The molecule has 68 heavy (non-hydrogen) atoms. The van der Waals surface area contributed by atoms with Crippen molar-refractivity contribution in [1.29, 1.82) is 0 Å². The molecule has 0 unspecified atom stereocenters. The minimum Gasteiger partial charge on any atom is -0.309 e. The SMILES string of the molecule is C=C/C=C\C=C.c1ccc(-c2ccccc2-c2ccc3c(c2)c2cc(-c4ccccc4-c4ccccn4)ccc2n3-c2ccc3c(c2)-c2cc(-c4ccccn4)c(-c4ccccn4)cc2C3)nc1. The number of benzene rings is 6. The van der Waals surface area contributed by atoms with Gasteiger partial charge in [-0.2, -0.15) is 0 Å². The molecule has 5 heterocycles. The van der Waals surface area contributed by atoms with Crippen LogP contribution in [0.2, 0.25) is 0 Å². The number of aromatic nitrogens is 5. The molecule has 0 amide bonds. The average molecular weight is 872 g/mol. The summed E-state index contributed by atoms with van der Waals surface area (Å²) >= 11 is 0. The molecule has 0 fully saturated rings. The second-order valence-electron chi connectivity index (χ2n) is 16.7. The van der Waals surface area contributed by atoms with Crippen LogP contribution in [-0.2, 0) is 6.42 Å². The Balaban J connectivity index is 0.000000796. The van der Waals surface area contributed by atoms with Crippen molar-refractivity contribution in [2.24, 2.45) is 0 Å². The van der Waals surface area contributed by atoms with E-state index in [4.69, 9.17) is 19.9 Å². The number of allylic oxidation sites excluding steroid dienone is 4. The van der Waals surface area contributed by atoms with Crippen molar-refractivity contribution in [3.8, 4) is 84.1 Å². The number of rotatable bonds is 9. The van der Waals surface area contributed by atoms with Crippen LogP contribution in [0.5, 0.6) is 0 Å². The van der Waals surface area contributed by atoms with Gasteiger partial charge in [0.2, 0.25) is 0 Å². The smallest absolute Gasteiger partial charge is 0.0708 e. The molecule has 5 nitrogen and oxygen atoms in total. The van der Waals surface area contributed by atoms with Crippen LogP contribution in [0, 0.1) is 0 Å². The molecule has 0 N–H and O–H groups in total. The highest BCUT2D eigenvalue weighted by atomic mass is 15.0. The van der Waals surface area contributed by atoms with Crippen LogP contribution in [0.1, 0.15) is 11.1 Å². The lowest BCUT2D eigenvalue weighted by Gasteiger charge is -2.14. The average Bonchev–Trinajstić information content (AvgIpc) is 3.95. The number of hydrogen-bond acceptors (Lipinski definition) is 4. The van der Waals surface area contributed by atoms with Crippen molar-refractivity contribution in [2.45, 2.75) is 6.42 Å². The predicted molar refractivity (Wildman–Crippen MR) is 282 cm³/mol. The first-order valence-electron chi connectivity index (χ1n) is 22.8. The second kappa shape index (κ2) is 18.4. The fourth-order valence-corrected chi connectivity index (χ4v) is 9.58. The monoisotopic (exact) mass is 871 g/mol. The third-order valence-electron chi connectivity index (χ3n) is 12.7. The van der Waals surface area contributed by atoms with Gasteiger partial charge in [0.15, 0.2) is 0 Å². The van der Waals surface area contributed by atoms with Crippen LogP contribution in [0.4, 0.5) is 0 Å². The number of pyridine rings is 4. The topological polar surface area (TPSA) is 56.5 Å². The fraction of sp³-hybridized carbons (Fsp3) is 0.0159. The third-order valence-corrected chi connectivity index (χ3v) is 12.7. The highest BCUT2D eigenvalue weighted by Crippen LogP contribution is 2.45. The van der Waals surface area contributed by atoms with Crippen molar-refractivity contribution in [1.82, 2.24) is 24.5 Å². The van der Waals surface area contributed by atoms with Crippen molar-refractivity contribution in [3.05, 3.63) is 261 Å².